The number of allylic oxidation sites excluding steroid dienone is 1. The molecule has 1 aliphatic carbocycles. The molecule has 1 rings (SSSR count). The highest BCUT2D eigenvalue weighted by molar-refractivity contribution is 6.27. The van der Waals surface area contributed by atoms with Crippen LogP contribution in [0.15, 0.2) is 11.6 Å². The summed E-state index contributed by atoms with van der Waals surface area (Å²) in [6.45, 7) is 5.97. The van der Waals surface area contributed by atoms with Crippen LogP contribution in [0.25, 0.3) is 0 Å². The van der Waals surface area contributed by atoms with Crippen LogP contribution in [0.2, 0.25) is 0 Å². The molecule has 0 heterocycles. The minimum Gasteiger partial charge on any atom is -0.350 e. The Morgan fingerprint density at radius 3 is 2.45 bits per heavy atom. The molecule has 2 unspecified atom stereocenters. The quantitative estimate of drug-likeness (QED) is 0.602. The van der Waals surface area contributed by atoms with Gasteiger partial charge in [-0.15, -0.1) is 23.2 Å². The molecule has 0 fully saturated rings. The largest absolute Gasteiger partial charge is 0.350 e. The van der Waals surface area contributed by atoms with Gasteiger partial charge in [0.2, 0.25) is 11.8 Å². The maximum Gasteiger partial charge on any atom is 0.235 e. The Hall–Kier alpha value is -0.740. The lowest BCUT2D eigenvalue weighted by atomic mass is 9.75. The van der Waals surface area contributed by atoms with Gasteiger partial charge < -0.3 is 10.6 Å². The van der Waals surface area contributed by atoms with E-state index in [-0.39, 0.29) is 41.1 Å². The number of hydrogen-bond acceptors (Lipinski definition) is 2. The molecule has 0 radical (unpaired) electrons. The molecule has 0 spiro atoms. The Balaban J connectivity index is 2.74. The Morgan fingerprint density at radius 1 is 1.30 bits per heavy atom. The maximum absolute atomic E-state index is 11.5. The number of hydrogen-bond donors (Lipinski definition) is 2. The molecule has 20 heavy (non-hydrogen) atoms. The lowest BCUT2D eigenvalue weighted by Gasteiger charge is -2.39. The molecule has 0 aromatic heterocycles. The fourth-order valence-corrected chi connectivity index (χ4v) is 2.67. The normalized spacial score (nSPS) is 22.9. The lowest BCUT2D eigenvalue weighted by Crippen LogP contribution is -2.52. The van der Waals surface area contributed by atoms with Gasteiger partial charge in [0, 0.05) is 5.54 Å². The van der Waals surface area contributed by atoms with Crippen LogP contribution in [0.1, 0.15) is 33.6 Å². The van der Waals surface area contributed by atoms with Crippen LogP contribution in [-0.2, 0) is 9.59 Å². The molecule has 0 bridgehead atoms. The van der Waals surface area contributed by atoms with Crippen LogP contribution < -0.4 is 10.6 Å². The topological polar surface area (TPSA) is 58.2 Å². The van der Waals surface area contributed by atoms with Gasteiger partial charge in [-0.05, 0) is 39.5 Å². The molecule has 4 nitrogen and oxygen atoms in total. The molecular formula is C14H22Cl2N2O2. The van der Waals surface area contributed by atoms with Crippen molar-refractivity contribution in [3.8, 4) is 0 Å². The number of carbonyl (C=O) groups excluding carboxylic acids is 2. The zero-order chi connectivity index (χ0) is 15.3. The summed E-state index contributed by atoms with van der Waals surface area (Å²) < 4.78 is 0. The number of rotatable bonds is 5. The summed E-state index contributed by atoms with van der Waals surface area (Å²) in [6.07, 6.45) is 3.76. The van der Waals surface area contributed by atoms with Crippen molar-refractivity contribution in [3.63, 3.8) is 0 Å². The van der Waals surface area contributed by atoms with Crippen LogP contribution >= 0.6 is 23.2 Å². The zero-order valence-corrected chi connectivity index (χ0v) is 13.6. The first-order valence-corrected chi connectivity index (χ1v) is 7.76. The molecule has 0 saturated heterocycles. The Morgan fingerprint density at radius 2 is 1.90 bits per heavy atom. The van der Waals surface area contributed by atoms with Crippen molar-refractivity contribution in [1.29, 1.82) is 0 Å². The van der Waals surface area contributed by atoms with E-state index < -0.39 is 0 Å². The van der Waals surface area contributed by atoms with Gasteiger partial charge >= 0.3 is 0 Å². The number of amides is 2. The molecule has 2 amide bonds. The zero-order valence-electron chi connectivity index (χ0n) is 12.1. The van der Waals surface area contributed by atoms with Crippen LogP contribution in [0.5, 0.6) is 0 Å². The van der Waals surface area contributed by atoms with Gasteiger partial charge in [0.25, 0.3) is 0 Å². The van der Waals surface area contributed by atoms with Gasteiger partial charge in [-0.25, -0.2) is 0 Å². The molecule has 0 saturated carbocycles. The molecule has 6 heteroatoms. The molecule has 0 aromatic carbocycles. The van der Waals surface area contributed by atoms with E-state index in [1.807, 2.05) is 20.8 Å². The van der Waals surface area contributed by atoms with Crippen molar-refractivity contribution in [2.24, 2.45) is 5.92 Å². The van der Waals surface area contributed by atoms with Crippen LogP contribution in [0.4, 0.5) is 0 Å². The maximum atomic E-state index is 11.5. The van der Waals surface area contributed by atoms with Crippen molar-refractivity contribution >= 4 is 35.0 Å². The summed E-state index contributed by atoms with van der Waals surface area (Å²) in [5.41, 5.74) is 0.770. The van der Waals surface area contributed by atoms with Crippen molar-refractivity contribution in [1.82, 2.24) is 10.6 Å². The molecule has 0 aliphatic heterocycles. The number of alkyl halides is 2. The Labute approximate surface area is 130 Å². The summed E-state index contributed by atoms with van der Waals surface area (Å²) in [7, 11) is 0. The third-order valence-electron chi connectivity index (χ3n) is 3.85. The Bertz CT molecular complexity index is 408. The van der Waals surface area contributed by atoms with E-state index in [1.54, 1.807) is 0 Å². The average Bonchev–Trinajstić information content (AvgIpc) is 2.40. The van der Waals surface area contributed by atoms with Gasteiger partial charge in [0.15, 0.2) is 0 Å². The van der Waals surface area contributed by atoms with Crippen molar-refractivity contribution < 1.29 is 9.59 Å². The van der Waals surface area contributed by atoms with Crippen molar-refractivity contribution in [2.75, 3.05) is 11.8 Å². The fraction of sp³-hybridized carbons (Fsp3) is 0.714. The van der Waals surface area contributed by atoms with E-state index in [9.17, 15) is 9.59 Å². The summed E-state index contributed by atoms with van der Waals surface area (Å²) in [4.78, 5) is 22.9. The van der Waals surface area contributed by atoms with Crippen molar-refractivity contribution in [2.45, 2.75) is 45.2 Å². The third kappa shape index (κ3) is 4.67. The third-order valence-corrected chi connectivity index (χ3v) is 4.34. The van der Waals surface area contributed by atoms with E-state index >= 15 is 0 Å². The van der Waals surface area contributed by atoms with Gasteiger partial charge in [0.1, 0.15) is 11.8 Å². The summed E-state index contributed by atoms with van der Waals surface area (Å²) in [5, 5.41) is 5.85. The lowest BCUT2D eigenvalue weighted by molar-refractivity contribution is -0.121. The van der Waals surface area contributed by atoms with Gasteiger partial charge in [-0.2, -0.15) is 0 Å². The molecule has 114 valence electrons. The first-order valence-electron chi connectivity index (χ1n) is 6.69. The van der Waals surface area contributed by atoms with Crippen molar-refractivity contribution in [3.05, 3.63) is 11.6 Å². The van der Waals surface area contributed by atoms with Gasteiger partial charge in [-0.3, -0.25) is 9.59 Å². The Kier molecular flexibility index (Phi) is 6.34. The first kappa shape index (κ1) is 17.3. The second-order valence-corrected chi connectivity index (χ2v) is 6.31. The highest BCUT2D eigenvalue weighted by Gasteiger charge is 2.35. The van der Waals surface area contributed by atoms with E-state index in [0.29, 0.717) is 0 Å². The fourth-order valence-electron chi connectivity index (χ4n) is 2.53. The van der Waals surface area contributed by atoms with Crippen LogP contribution in [-0.4, -0.2) is 35.2 Å². The van der Waals surface area contributed by atoms with Gasteiger partial charge in [0.05, 0.1) is 6.04 Å². The highest BCUT2D eigenvalue weighted by atomic mass is 35.5. The predicted octanol–water partition coefficient (Wildman–Crippen LogP) is 2.20. The van der Waals surface area contributed by atoms with E-state index in [1.165, 1.54) is 0 Å². The number of halogens is 2. The minimum atomic E-state index is -0.368. The first-order chi connectivity index (χ1) is 9.30. The number of carbonyl (C=O) groups is 2. The van der Waals surface area contributed by atoms with Crippen LogP contribution in [0.3, 0.4) is 0 Å². The van der Waals surface area contributed by atoms with Crippen LogP contribution in [0, 0.1) is 5.92 Å². The summed E-state index contributed by atoms with van der Waals surface area (Å²) in [6, 6.07) is -0.0211. The second kappa shape index (κ2) is 7.32. The molecular weight excluding hydrogens is 299 g/mol. The average molecular weight is 321 g/mol. The monoisotopic (exact) mass is 320 g/mol. The molecule has 2 N–H and O–H groups in total. The minimum absolute atomic E-state index is 0.0211. The van der Waals surface area contributed by atoms with Gasteiger partial charge in [-0.1, -0.05) is 11.6 Å². The molecule has 0 aromatic rings. The molecule has 2 atom stereocenters. The number of nitrogens with one attached hydrogen (secondary N) is 2. The summed E-state index contributed by atoms with van der Waals surface area (Å²) >= 11 is 11.1. The van der Waals surface area contributed by atoms with E-state index in [2.05, 4.69) is 16.7 Å². The van der Waals surface area contributed by atoms with E-state index in [4.69, 9.17) is 23.2 Å². The molecule has 1 aliphatic rings. The predicted molar refractivity (Wildman–Crippen MR) is 82.1 cm³/mol. The SMILES string of the molecule is CC1=CCC(C(C)(C)NC(=O)CCl)CC1NC(=O)CCl. The standard InChI is InChI=1S/C14H22Cl2N2O2/c1-9-4-5-10(6-11(9)17-12(19)7-15)14(2,3)18-13(20)8-16/h4,10-11H,5-8H2,1-3H3,(H,17,19)(H,18,20). The van der Waals surface area contributed by atoms with E-state index in [0.717, 1.165) is 18.4 Å². The highest BCUT2D eigenvalue weighted by Crippen LogP contribution is 2.32. The summed E-state index contributed by atoms with van der Waals surface area (Å²) in [5.74, 6) is -0.200. The smallest absolute Gasteiger partial charge is 0.235 e. The second-order valence-electron chi connectivity index (χ2n) is 5.77.